The Bertz CT molecular complexity index is 515. The van der Waals surface area contributed by atoms with Gasteiger partial charge in [-0.05, 0) is 45.1 Å². The van der Waals surface area contributed by atoms with Gasteiger partial charge in [0.2, 0.25) is 0 Å². The molecule has 2 rings (SSSR count). The molecule has 1 aromatic heterocycles. The van der Waals surface area contributed by atoms with Crippen molar-refractivity contribution in [2.75, 3.05) is 0 Å². The molecule has 0 aliphatic carbocycles. The highest BCUT2D eigenvalue weighted by Crippen LogP contribution is 2.26. The monoisotopic (exact) mass is 334 g/mol. The van der Waals surface area contributed by atoms with Crippen molar-refractivity contribution in [2.24, 2.45) is 0 Å². The maximum Gasteiger partial charge on any atom is 0.165 e. The Morgan fingerprint density at radius 3 is 2.76 bits per heavy atom. The zero-order valence-electron chi connectivity index (χ0n) is 8.75. The summed E-state index contributed by atoms with van der Waals surface area (Å²) >= 11 is 10.6. The average molecular weight is 336 g/mol. The summed E-state index contributed by atoms with van der Waals surface area (Å²) in [5.41, 5.74) is 0.744. The van der Waals surface area contributed by atoms with E-state index in [2.05, 4.69) is 15.9 Å². The van der Waals surface area contributed by atoms with Gasteiger partial charge >= 0.3 is 0 Å². The Labute approximate surface area is 116 Å². The number of hydrogen-bond donors (Lipinski definition) is 0. The first-order chi connectivity index (χ1) is 8.20. The van der Waals surface area contributed by atoms with Gasteiger partial charge in [0.05, 0.1) is 4.88 Å². The average Bonchev–Trinajstić information content (AvgIpc) is 2.73. The van der Waals surface area contributed by atoms with Crippen LogP contribution in [0.2, 0.25) is 0 Å². The Morgan fingerprint density at radius 2 is 2.18 bits per heavy atom. The van der Waals surface area contributed by atoms with Crippen molar-refractivity contribution >= 4 is 38.9 Å². The SMILES string of the molecule is Fc1cc(CCl)ccc1OCc1sccc1Br. The molecule has 0 N–H and O–H groups in total. The Kier molecular flexibility index (Phi) is 4.42. The molecule has 1 aromatic carbocycles. The van der Waals surface area contributed by atoms with E-state index in [4.69, 9.17) is 16.3 Å². The summed E-state index contributed by atoms with van der Waals surface area (Å²) in [6.07, 6.45) is 0. The van der Waals surface area contributed by atoms with Crippen molar-refractivity contribution in [2.45, 2.75) is 12.5 Å². The van der Waals surface area contributed by atoms with E-state index < -0.39 is 0 Å². The highest BCUT2D eigenvalue weighted by Gasteiger charge is 2.07. The van der Waals surface area contributed by atoms with Crippen molar-refractivity contribution < 1.29 is 9.13 Å². The van der Waals surface area contributed by atoms with Gasteiger partial charge in [-0.15, -0.1) is 22.9 Å². The fourth-order valence-electron chi connectivity index (χ4n) is 1.32. The lowest BCUT2D eigenvalue weighted by Crippen LogP contribution is -1.96. The number of ether oxygens (including phenoxy) is 1. The van der Waals surface area contributed by atoms with Crippen LogP contribution >= 0.6 is 38.9 Å². The minimum Gasteiger partial charge on any atom is -0.485 e. The molecule has 0 fully saturated rings. The first-order valence-electron chi connectivity index (χ1n) is 4.90. The van der Waals surface area contributed by atoms with E-state index in [1.165, 1.54) is 6.07 Å². The highest BCUT2D eigenvalue weighted by atomic mass is 79.9. The third-order valence-electron chi connectivity index (χ3n) is 2.20. The number of hydrogen-bond acceptors (Lipinski definition) is 2. The minimum absolute atomic E-state index is 0.249. The van der Waals surface area contributed by atoms with Gasteiger partial charge < -0.3 is 4.74 Å². The molecule has 17 heavy (non-hydrogen) atoms. The Balaban J connectivity index is 2.07. The molecule has 0 saturated heterocycles. The summed E-state index contributed by atoms with van der Waals surface area (Å²) in [6, 6.07) is 6.70. The molecule has 0 unspecified atom stereocenters. The third-order valence-corrected chi connectivity index (χ3v) is 4.41. The molecule has 0 saturated carbocycles. The molecule has 0 spiro atoms. The molecule has 0 aliphatic rings. The van der Waals surface area contributed by atoms with E-state index in [-0.39, 0.29) is 11.6 Å². The number of halogens is 3. The lowest BCUT2D eigenvalue weighted by molar-refractivity contribution is 0.293. The highest BCUT2D eigenvalue weighted by molar-refractivity contribution is 9.10. The predicted molar refractivity (Wildman–Crippen MR) is 72.3 cm³/mol. The zero-order chi connectivity index (χ0) is 12.3. The van der Waals surface area contributed by atoms with E-state index in [0.717, 1.165) is 14.9 Å². The second kappa shape index (κ2) is 5.85. The van der Waals surface area contributed by atoms with Gasteiger partial charge in [-0.25, -0.2) is 4.39 Å². The molecule has 90 valence electrons. The van der Waals surface area contributed by atoms with Crippen molar-refractivity contribution in [3.05, 3.63) is 50.4 Å². The van der Waals surface area contributed by atoms with Gasteiger partial charge in [0.25, 0.3) is 0 Å². The van der Waals surface area contributed by atoms with E-state index in [1.54, 1.807) is 23.5 Å². The van der Waals surface area contributed by atoms with Crippen LogP contribution in [0.4, 0.5) is 4.39 Å². The summed E-state index contributed by atoms with van der Waals surface area (Å²) in [4.78, 5) is 1.03. The van der Waals surface area contributed by atoms with Crippen molar-refractivity contribution in [3.63, 3.8) is 0 Å². The fourth-order valence-corrected chi connectivity index (χ4v) is 2.86. The van der Waals surface area contributed by atoms with Crippen LogP contribution in [-0.4, -0.2) is 0 Å². The van der Waals surface area contributed by atoms with Gasteiger partial charge in [0.1, 0.15) is 6.61 Å². The van der Waals surface area contributed by atoms with Gasteiger partial charge in [0, 0.05) is 10.4 Å². The summed E-state index contributed by atoms with van der Waals surface area (Å²) in [5.74, 6) is 0.170. The van der Waals surface area contributed by atoms with Gasteiger partial charge in [-0.2, -0.15) is 0 Å². The molecule has 2 aromatic rings. The van der Waals surface area contributed by atoms with Crippen molar-refractivity contribution in [1.82, 2.24) is 0 Å². The quantitative estimate of drug-likeness (QED) is 0.717. The number of rotatable bonds is 4. The second-order valence-corrected chi connectivity index (χ2v) is 5.50. The van der Waals surface area contributed by atoms with Crippen LogP contribution in [0.5, 0.6) is 5.75 Å². The number of alkyl halides is 1. The second-order valence-electron chi connectivity index (χ2n) is 3.38. The van der Waals surface area contributed by atoms with Crippen molar-refractivity contribution in [1.29, 1.82) is 0 Å². The van der Waals surface area contributed by atoms with E-state index in [9.17, 15) is 4.39 Å². The summed E-state index contributed by atoms with van der Waals surface area (Å²) in [5, 5.41) is 1.95. The maximum atomic E-state index is 13.6. The van der Waals surface area contributed by atoms with E-state index in [0.29, 0.717) is 12.5 Å². The first kappa shape index (κ1) is 12.9. The first-order valence-corrected chi connectivity index (χ1v) is 7.10. The van der Waals surface area contributed by atoms with Gasteiger partial charge in [-0.1, -0.05) is 6.07 Å². The van der Waals surface area contributed by atoms with Crippen LogP contribution in [0.15, 0.2) is 34.1 Å². The maximum absolute atomic E-state index is 13.6. The topological polar surface area (TPSA) is 9.23 Å². The summed E-state index contributed by atoms with van der Waals surface area (Å²) in [7, 11) is 0. The van der Waals surface area contributed by atoms with Crippen LogP contribution in [0, 0.1) is 5.82 Å². The molecule has 0 atom stereocenters. The van der Waals surface area contributed by atoms with Gasteiger partial charge in [-0.3, -0.25) is 0 Å². The van der Waals surface area contributed by atoms with Gasteiger partial charge in [0.15, 0.2) is 11.6 Å². The predicted octanol–water partition coefficient (Wildman–Crippen LogP) is 4.97. The van der Waals surface area contributed by atoms with Crippen LogP contribution in [0.25, 0.3) is 0 Å². The molecule has 1 nitrogen and oxygen atoms in total. The zero-order valence-corrected chi connectivity index (χ0v) is 11.9. The third kappa shape index (κ3) is 3.21. The summed E-state index contributed by atoms with van der Waals surface area (Å²) in [6.45, 7) is 0.357. The molecule has 0 bridgehead atoms. The number of benzene rings is 1. The molecule has 0 radical (unpaired) electrons. The fraction of sp³-hybridized carbons (Fsp3) is 0.167. The minimum atomic E-state index is -0.379. The molecule has 0 amide bonds. The smallest absolute Gasteiger partial charge is 0.165 e. The number of thiophene rings is 1. The molecule has 5 heteroatoms. The lowest BCUT2D eigenvalue weighted by Gasteiger charge is -2.07. The molecular formula is C12H9BrClFOS. The largest absolute Gasteiger partial charge is 0.485 e. The van der Waals surface area contributed by atoms with Crippen LogP contribution in [0.1, 0.15) is 10.4 Å². The van der Waals surface area contributed by atoms with Crippen LogP contribution in [0.3, 0.4) is 0 Å². The summed E-state index contributed by atoms with van der Waals surface area (Å²) < 4.78 is 20.0. The standard InChI is InChI=1S/C12H9BrClFOS/c13-9-3-4-17-12(9)7-16-11-2-1-8(6-14)5-10(11)15/h1-5H,6-7H2. The van der Waals surface area contributed by atoms with E-state index in [1.807, 2.05) is 11.4 Å². The molecule has 1 heterocycles. The van der Waals surface area contributed by atoms with Crippen LogP contribution < -0.4 is 4.74 Å². The van der Waals surface area contributed by atoms with Crippen molar-refractivity contribution in [3.8, 4) is 5.75 Å². The lowest BCUT2D eigenvalue weighted by atomic mass is 10.2. The Morgan fingerprint density at radius 1 is 1.35 bits per heavy atom. The van der Waals surface area contributed by atoms with E-state index >= 15 is 0 Å². The molecule has 0 aliphatic heterocycles. The van der Waals surface area contributed by atoms with Crippen LogP contribution in [-0.2, 0) is 12.5 Å². The normalized spacial score (nSPS) is 10.5. The Hall–Kier alpha value is -0.580. The molecular weight excluding hydrogens is 327 g/mol.